The molecule has 0 radical (unpaired) electrons. The molecule has 0 aliphatic carbocycles. The van der Waals surface area contributed by atoms with Crippen molar-refractivity contribution < 1.29 is 9.94 Å². The van der Waals surface area contributed by atoms with Gasteiger partial charge in [0.2, 0.25) is 0 Å². The third-order valence-electron chi connectivity index (χ3n) is 4.83. The molecule has 1 atom stereocenters. The van der Waals surface area contributed by atoms with E-state index in [1.54, 1.807) is 19.1 Å². The van der Waals surface area contributed by atoms with Gasteiger partial charge in [-0.25, -0.2) is 0 Å². The molecule has 0 amide bonds. The Kier molecular flexibility index (Phi) is 6.37. The van der Waals surface area contributed by atoms with Crippen molar-refractivity contribution in [2.75, 3.05) is 0 Å². The highest BCUT2D eigenvalue weighted by atomic mass is 79.9. The molecule has 1 heterocycles. The maximum Gasteiger partial charge on any atom is 0.190 e. The number of rotatable bonds is 5. The van der Waals surface area contributed by atoms with Crippen molar-refractivity contribution in [1.29, 1.82) is 0 Å². The van der Waals surface area contributed by atoms with E-state index in [1.165, 1.54) is 6.20 Å². The number of hydrogen-bond acceptors (Lipinski definition) is 3. The number of nitrogens with zero attached hydrogens (tertiary/aromatic N) is 2. The lowest BCUT2D eigenvalue weighted by Gasteiger charge is -2.21. The highest BCUT2D eigenvalue weighted by molar-refractivity contribution is 9.10. The summed E-state index contributed by atoms with van der Waals surface area (Å²) in [5.41, 5.74) is 5.06. The zero-order valence-electron chi connectivity index (χ0n) is 15.6. The Morgan fingerprint density at radius 2 is 1.86 bits per heavy atom. The third kappa shape index (κ3) is 4.54. The van der Waals surface area contributed by atoms with Gasteiger partial charge >= 0.3 is 0 Å². The summed E-state index contributed by atoms with van der Waals surface area (Å²) in [6, 6.07) is 17.3. The molecule has 0 bridgehead atoms. The molecule has 0 saturated carbocycles. The Morgan fingerprint density at radius 3 is 2.46 bits per heavy atom. The fourth-order valence-corrected chi connectivity index (χ4v) is 3.82. The second-order valence-electron chi connectivity index (χ2n) is 6.74. The normalized spacial score (nSPS) is 12.8. The van der Waals surface area contributed by atoms with Gasteiger partial charge < -0.3 is 10.4 Å². The monoisotopic (exact) mass is 458 g/mol. The number of halogens is 2. The van der Waals surface area contributed by atoms with Gasteiger partial charge in [0.1, 0.15) is 0 Å². The van der Waals surface area contributed by atoms with Crippen molar-refractivity contribution in [2.24, 2.45) is 5.16 Å². The van der Waals surface area contributed by atoms with E-state index in [0.717, 1.165) is 31.5 Å². The van der Waals surface area contributed by atoms with Crippen LogP contribution >= 0.6 is 27.5 Å². The van der Waals surface area contributed by atoms with Crippen LogP contribution in [0.4, 0.5) is 0 Å². The largest absolute Gasteiger partial charge is 0.619 e. The zero-order chi connectivity index (χ0) is 20.3. The average molecular weight is 460 g/mol. The molecule has 2 aromatic carbocycles. The van der Waals surface area contributed by atoms with Crippen LogP contribution in [0.2, 0.25) is 5.02 Å². The van der Waals surface area contributed by atoms with Gasteiger partial charge in [0.05, 0.1) is 5.71 Å². The fraction of sp³-hybridized carbons (Fsp3) is 0.182. The predicted octanol–water partition coefficient (Wildman–Crippen LogP) is 5.75. The highest BCUT2D eigenvalue weighted by Gasteiger charge is 2.21. The second-order valence-corrected chi connectivity index (χ2v) is 8.09. The summed E-state index contributed by atoms with van der Waals surface area (Å²) in [7, 11) is 0. The molecule has 28 heavy (non-hydrogen) atoms. The maximum absolute atomic E-state index is 11.7. The van der Waals surface area contributed by atoms with E-state index < -0.39 is 0 Å². The molecular formula is C22H20BrClN2O2. The topological polar surface area (TPSA) is 59.5 Å². The van der Waals surface area contributed by atoms with Crippen LogP contribution in [-0.2, 0) is 0 Å². The molecule has 3 aromatic rings. The lowest BCUT2D eigenvalue weighted by atomic mass is 9.83. The Bertz CT molecular complexity index is 1020. The van der Waals surface area contributed by atoms with Crippen molar-refractivity contribution in [3.05, 3.63) is 103 Å². The quantitative estimate of drug-likeness (QED) is 0.173. The van der Waals surface area contributed by atoms with Gasteiger partial charge in [-0.3, -0.25) is 0 Å². The highest BCUT2D eigenvalue weighted by Crippen LogP contribution is 2.33. The lowest BCUT2D eigenvalue weighted by Crippen LogP contribution is -2.29. The Balaban J connectivity index is 2.05. The number of oxime groups is 1. The number of pyridine rings is 1. The number of benzene rings is 2. The summed E-state index contributed by atoms with van der Waals surface area (Å²) >= 11 is 9.63. The summed E-state index contributed by atoms with van der Waals surface area (Å²) in [5.74, 6) is -0.0313. The first-order valence-corrected chi connectivity index (χ1v) is 9.98. The summed E-state index contributed by atoms with van der Waals surface area (Å²) in [6.45, 7) is 3.75. The SMILES string of the molecule is Cc1cc(Cl)ccc1C(CC(=NO)c1cc[n+]([O-])c(C)c1)c1ccc(Br)cc1. The average Bonchev–Trinajstić information content (AvgIpc) is 2.67. The molecule has 0 saturated heterocycles. The van der Waals surface area contributed by atoms with Gasteiger partial charge in [0.15, 0.2) is 11.9 Å². The molecule has 0 fully saturated rings. The Morgan fingerprint density at radius 1 is 1.14 bits per heavy atom. The molecule has 1 aromatic heterocycles. The first kappa shape index (κ1) is 20.4. The van der Waals surface area contributed by atoms with E-state index in [2.05, 4.69) is 33.2 Å². The fourth-order valence-electron chi connectivity index (χ4n) is 3.32. The number of aromatic nitrogens is 1. The van der Waals surface area contributed by atoms with E-state index in [-0.39, 0.29) is 5.92 Å². The summed E-state index contributed by atoms with van der Waals surface area (Å²) in [4.78, 5) is 0. The van der Waals surface area contributed by atoms with Gasteiger partial charge in [0.25, 0.3) is 0 Å². The Labute approximate surface area is 177 Å². The number of hydrogen-bond donors (Lipinski definition) is 1. The van der Waals surface area contributed by atoms with E-state index in [0.29, 0.717) is 22.8 Å². The minimum absolute atomic E-state index is 0.0313. The summed E-state index contributed by atoms with van der Waals surface area (Å²) < 4.78 is 1.78. The molecule has 144 valence electrons. The predicted molar refractivity (Wildman–Crippen MR) is 115 cm³/mol. The van der Waals surface area contributed by atoms with E-state index >= 15 is 0 Å². The molecule has 0 spiro atoms. The van der Waals surface area contributed by atoms with Gasteiger partial charge in [0, 0.05) is 46.5 Å². The van der Waals surface area contributed by atoms with Crippen molar-refractivity contribution in [3.63, 3.8) is 0 Å². The molecular weight excluding hydrogens is 440 g/mol. The van der Waals surface area contributed by atoms with Crippen LogP contribution in [0.15, 0.2) is 70.4 Å². The van der Waals surface area contributed by atoms with Crippen molar-refractivity contribution in [2.45, 2.75) is 26.2 Å². The van der Waals surface area contributed by atoms with Gasteiger partial charge in [-0.2, -0.15) is 4.73 Å². The van der Waals surface area contributed by atoms with Gasteiger partial charge in [-0.1, -0.05) is 50.9 Å². The lowest BCUT2D eigenvalue weighted by molar-refractivity contribution is -0.612. The minimum Gasteiger partial charge on any atom is -0.619 e. The Hall–Kier alpha value is -2.37. The molecule has 3 rings (SSSR count). The molecule has 1 unspecified atom stereocenters. The molecule has 6 heteroatoms. The van der Waals surface area contributed by atoms with Crippen LogP contribution in [-0.4, -0.2) is 10.9 Å². The van der Waals surface area contributed by atoms with Crippen LogP contribution < -0.4 is 4.73 Å². The smallest absolute Gasteiger partial charge is 0.190 e. The molecule has 1 N–H and O–H groups in total. The second kappa shape index (κ2) is 8.76. The summed E-state index contributed by atoms with van der Waals surface area (Å²) in [6.07, 6.45) is 1.90. The molecule has 4 nitrogen and oxygen atoms in total. The standard InChI is InChI=1S/C22H20BrClN2O2/c1-14-11-19(24)7-8-20(14)21(16-3-5-18(23)6-4-16)13-22(25-27)17-9-10-26(28)15(2)12-17/h3-12,21,27H,13H2,1-2H3. The van der Waals surface area contributed by atoms with Crippen molar-refractivity contribution in [1.82, 2.24) is 0 Å². The molecule has 0 aliphatic heterocycles. The van der Waals surface area contributed by atoms with Gasteiger partial charge in [-0.15, -0.1) is 0 Å². The first-order chi connectivity index (χ1) is 13.4. The maximum atomic E-state index is 11.7. The molecule has 0 aliphatic rings. The van der Waals surface area contributed by atoms with Crippen molar-refractivity contribution in [3.8, 4) is 0 Å². The van der Waals surface area contributed by atoms with Crippen LogP contribution in [0.1, 0.15) is 40.3 Å². The van der Waals surface area contributed by atoms with E-state index in [9.17, 15) is 10.4 Å². The van der Waals surface area contributed by atoms with Crippen LogP contribution in [0, 0.1) is 19.1 Å². The van der Waals surface area contributed by atoms with Crippen LogP contribution in [0.25, 0.3) is 0 Å². The third-order valence-corrected chi connectivity index (χ3v) is 5.60. The zero-order valence-corrected chi connectivity index (χ0v) is 17.9. The van der Waals surface area contributed by atoms with Gasteiger partial charge in [-0.05, 0) is 47.9 Å². The first-order valence-electron chi connectivity index (χ1n) is 8.81. The number of aryl methyl sites for hydroxylation is 2. The van der Waals surface area contributed by atoms with E-state index in [1.807, 2.05) is 37.3 Å². The summed E-state index contributed by atoms with van der Waals surface area (Å²) in [5, 5.41) is 25.6. The van der Waals surface area contributed by atoms with Crippen LogP contribution in [0.3, 0.4) is 0 Å². The van der Waals surface area contributed by atoms with Crippen LogP contribution in [0.5, 0.6) is 0 Å². The van der Waals surface area contributed by atoms with E-state index in [4.69, 9.17) is 11.6 Å². The van der Waals surface area contributed by atoms with Crippen molar-refractivity contribution >= 4 is 33.2 Å². The minimum atomic E-state index is -0.0313.